The molecule has 0 aliphatic carbocycles. The number of ether oxygens (including phenoxy) is 2. The second kappa shape index (κ2) is 8.18. The summed E-state index contributed by atoms with van der Waals surface area (Å²) in [7, 11) is 1.45. The van der Waals surface area contributed by atoms with Gasteiger partial charge in [-0.05, 0) is 36.6 Å². The fourth-order valence-corrected chi connectivity index (χ4v) is 2.61. The Morgan fingerprint density at radius 3 is 2.76 bits per heavy atom. The summed E-state index contributed by atoms with van der Waals surface area (Å²) in [4.78, 5) is 35.5. The van der Waals surface area contributed by atoms with Crippen LogP contribution >= 0.6 is 0 Å². The number of likely N-dealkylation sites (tertiary alicyclic amines) is 1. The molecule has 1 heterocycles. The van der Waals surface area contributed by atoms with Crippen molar-refractivity contribution < 1.29 is 29.0 Å². The molecular formula is C17H20N2O6. The monoisotopic (exact) mass is 348 g/mol. The number of hydrogen-bond donors (Lipinski definition) is 2. The summed E-state index contributed by atoms with van der Waals surface area (Å²) in [6, 6.07) is 4.15. The minimum absolute atomic E-state index is 0.268. The predicted octanol–water partition coefficient (Wildman–Crippen LogP) is 0.648. The molecule has 0 spiro atoms. The predicted molar refractivity (Wildman–Crippen MR) is 89.1 cm³/mol. The summed E-state index contributed by atoms with van der Waals surface area (Å²) >= 11 is 0. The highest BCUT2D eigenvalue weighted by molar-refractivity contribution is 5.94. The van der Waals surface area contributed by atoms with Crippen molar-refractivity contribution in [2.45, 2.75) is 18.9 Å². The molecule has 8 nitrogen and oxygen atoms in total. The van der Waals surface area contributed by atoms with Crippen LogP contribution in [0.25, 0.3) is 6.08 Å². The van der Waals surface area contributed by atoms with E-state index in [1.54, 1.807) is 24.3 Å². The third kappa shape index (κ3) is 4.72. The maximum absolute atomic E-state index is 12.2. The molecule has 1 atom stereocenters. The lowest BCUT2D eigenvalue weighted by molar-refractivity contribution is -0.146. The SMILES string of the molecule is COc1cc(/C=C/C(=O)N2CCCC2C(=O)O)ccc1OCC(N)=O. The van der Waals surface area contributed by atoms with Crippen molar-refractivity contribution in [2.75, 3.05) is 20.3 Å². The molecule has 2 amide bonds. The van der Waals surface area contributed by atoms with E-state index in [4.69, 9.17) is 20.3 Å². The van der Waals surface area contributed by atoms with Crippen LogP contribution in [0.5, 0.6) is 11.5 Å². The van der Waals surface area contributed by atoms with E-state index in [-0.39, 0.29) is 12.5 Å². The highest BCUT2D eigenvalue weighted by Gasteiger charge is 2.32. The van der Waals surface area contributed by atoms with Crippen LogP contribution in [-0.2, 0) is 14.4 Å². The average Bonchev–Trinajstić information content (AvgIpc) is 3.08. The third-order valence-corrected chi connectivity index (χ3v) is 3.80. The molecule has 0 aromatic heterocycles. The van der Waals surface area contributed by atoms with E-state index < -0.39 is 17.9 Å². The molecule has 134 valence electrons. The molecule has 1 saturated heterocycles. The fourth-order valence-electron chi connectivity index (χ4n) is 2.61. The van der Waals surface area contributed by atoms with Crippen LogP contribution in [0.4, 0.5) is 0 Å². The molecule has 25 heavy (non-hydrogen) atoms. The van der Waals surface area contributed by atoms with Crippen molar-refractivity contribution in [1.82, 2.24) is 4.90 Å². The third-order valence-electron chi connectivity index (χ3n) is 3.80. The van der Waals surface area contributed by atoms with E-state index in [1.165, 1.54) is 18.1 Å². The Balaban J connectivity index is 2.08. The van der Waals surface area contributed by atoms with Gasteiger partial charge in [-0.15, -0.1) is 0 Å². The highest BCUT2D eigenvalue weighted by atomic mass is 16.5. The minimum Gasteiger partial charge on any atom is -0.493 e. The van der Waals surface area contributed by atoms with Crippen molar-refractivity contribution in [3.05, 3.63) is 29.8 Å². The zero-order valence-electron chi connectivity index (χ0n) is 13.8. The molecule has 1 aliphatic heterocycles. The van der Waals surface area contributed by atoms with Gasteiger partial charge < -0.3 is 25.2 Å². The van der Waals surface area contributed by atoms with Crippen LogP contribution < -0.4 is 15.2 Å². The van der Waals surface area contributed by atoms with E-state index in [2.05, 4.69) is 0 Å². The molecule has 1 aromatic carbocycles. The number of carbonyl (C=O) groups excluding carboxylic acids is 2. The summed E-state index contributed by atoms with van der Waals surface area (Å²) in [5, 5.41) is 9.12. The topological polar surface area (TPSA) is 119 Å². The van der Waals surface area contributed by atoms with Gasteiger partial charge in [0.15, 0.2) is 18.1 Å². The van der Waals surface area contributed by atoms with Crippen molar-refractivity contribution in [3.8, 4) is 11.5 Å². The number of nitrogens with zero attached hydrogens (tertiary/aromatic N) is 1. The van der Waals surface area contributed by atoms with Crippen molar-refractivity contribution in [1.29, 1.82) is 0 Å². The standard InChI is InChI=1S/C17H20N2O6/c1-24-14-9-11(4-6-13(14)25-10-15(18)20)5-7-16(21)19-8-2-3-12(19)17(22)23/h4-7,9,12H,2-3,8,10H2,1H3,(H2,18,20)(H,22,23)/b7-5+. The number of carbonyl (C=O) groups is 3. The van der Waals surface area contributed by atoms with E-state index >= 15 is 0 Å². The number of methoxy groups -OCH3 is 1. The summed E-state index contributed by atoms with van der Waals surface area (Å²) < 4.78 is 10.4. The molecule has 1 aromatic rings. The Morgan fingerprint density at radius 1 is 1.36 bits per heavy atom. The zero-order chi connectivity index (χ0) is 18.4. The first-order valence-electron chi connectivity index (χ1n) is 7.73. The number of aliphatic carboxylic acids is 1. The van der Waals surface area contributed by atoms with Gasteiger partial charge >= 0.3 is 5.97 Å². The van der Waals surface area contributed by atoms with E-state index in [0.717, 1.165) is 0 Å². The van der Waals surface area contributed by atoms with Crippen molar-refractivity contribution in [3.63, 3.8) is 0 Å². The molecule has 0 radical (unpaired) electrons. The second-order valence-corrected chi connectivity index (χ2v) is 5.53. The van der Waals surface area contributed by atoms with Gasteiger partial charge in [-0.25, -0.2) is 4.79 Å². The molecule has 2 rings (SSSR count). The lowest BCUT2D eigenvalue weighted by Gasteiger charge is -2.19. The van der Waals surface area contributed by atoms with E-state index in [0.29, 0.717) is 36.4 Å². The van der Waals surface area contributed by atoms with E-state index in [1.807, 2.05) is 0 Å². The zero-order valence-corrected chi connectivity index (χ0v) is 13.8. The Morgan fingerprint density at radius 2 is 2.12 bits per heavy atom. The Kier molecular flexibility index (Phi) is 5.99. The van der Waals surface area contributed by atoms with E-state index in [9.17, 15) is 14.4 Å². The number of hydrogen-bond acceptors (Lipinski definition) is 5. The van der Waals surface area contributed by atoms with Gasteiger partial charge in [0.2, 0.25) is 5.91 Å². The Hall–Kier alpha value is -3.03. The first-order valence-corrected chi connectivity index (χ1v) is 7.73. The smallest absolute Gasteiger partial charge is 0.326 e. The number of amides is 2. The van der Waals surface area contributed by atoms with Crippen LogP contribution in [0.2, 0.25) is 0 Å². The second-order valence-electron chi connectivity index (χ2n) is 5.53. The molecular weight excluding hydrogens is 328 g/mol. The highest BCUT2D eigenvalue weighted by Crippen LogP contribution is 2.28. The van der Waals surface area contributed by atoms with Crippen molar-refractivity contribution in [2.24, 2.45) is 5.73 Å². The molecule has 0 bridgehead atoms. The van der Waals surface area contributed by atoms with Crippen LogP contribution in [0.15, 0.2) is 24.3 Å². The largest absolute Gasteiger partial charge is 0.493 e. The average molecular weight is 348 g/mol. The van der Waals surface area contributed by atoms with Crippen LogP contribution in [0.3, 0.4) is 0 Å². The maximum Gasteiger partial charge on any atom is 0.326 e. The van der Waals surface area contributed by atoms with Crippen LogP contribution in [-0.4, -0.2) is 54.1 Å². The molecule has 1 fully saturated rings. The number of rotatable bonds is 7. The lowest BCUT2D eigenvalue weighted by Crippen LogP contribution is -2.39. The quantitative estimate of drug-likeness (QED) is 0.698. The summed E-state index contributed by atoms with van der Waals surface area (Å²) in [5.41, 5.74) is 5.70. The van der Waals surface area contributed by atoms with Gasteiger partial charge in [-0.3, -0.25) is 9.59 Å². The van der Waals surface area contributed by atoms with Gasteiger partial charge in [-0.2, -0.15) is 0 Å². The lowest BCUT2D eigenvalue weighted by atomic mass is 10.1. The van der Waals surface area contributed by atoms with Gasteiger partial charge in [0.1, 0.15) is 6.04 Å². The molecule has 8 heteroatoms. The molecule has 1 unspecified atom stereocenters. The van der Waals surface area contributed by atoms with Gasteiger partial charge in [-0.1, -0.05) is 6.07 Å². The maximum atomic E-state index is 12.2. The molecule has 0 saturated carbocycles. The summed E-state index contributed by atoms with van der Waals surface area (Å²) in [6.07, 6.45) is 4.05. The summed E-state index contributed by atoms with van der Waals surface area (Å²) in [5.74, 6) is -1.19. The summed E-state index contributed by atoms with van der Waals surface area (Å²) in [6.45, 7) is 0.166. The van der Waals surface area contributed by atoms with Gasteiger partial charge in [0.25, 0.3) is 5.91 Å². The van der Waals surface area contributed by atoms with Crippen LogP contribution in [0, 0.1) is 0 Å². The van der Waals surface area contributed by atoms with Gasteiger partial charge in [0.05, 0.1) is 7.11 Å². The first-order chi connectivity index (χ1) is 11.9. The minimum atomic E-state index is -0.989. The van der Waals surface area contributed by atoms with Crippen LogP contribution in [0.1, 0.15) is 18.4 Å². The molecule has 3 N–H and O–H groups in total. The Labute approximate surface area is 144 Å². The number of benzene rings is 1. The first kappa shape index (κ1) is 18.3. The number of nitrogens with two attached hydrogens (primary N) is 1. The number of carboxylic acids is 1. The normalized spacial score (nSPS) is 16.8. The molecule has 1 aliphatic rings. The number of primary amides is 1. The fraction of sp³-hybridized carbons (Fsp3) is 0.353. The Bertz CT molecular complexity index is 700. The van der Waals surface area contributed by atoms with Gasteiger partial charge in [0, 0.05) is 12.6 Å². The number of carboxylic acid groups (broad SMARTS) is 1. The van der Waals surface area contributed by atoms with Crippen molar-refractivity contribution >= 4 is 23.9 Å².